The average molecular weight is 531 g/mol. The van der Waals surface area contributed by atoms with E-state index in [0.29, 0.717) is 11.7 Å². The van der Waals surface area contributed by atoms with Crippen molar-refractivity contribution in [2.75, 3.05) is 31.6 Å². The molecule has 8 heteroatoms. The van der Waals surface area contributed by atoms with E-state index in [-0.39, 0.29) is 17.9 Å². The van der Waals surface area contributed by atoms with Gasteiger partial charge in [0.2, 0.25) is 5.91 Å². The van der Waals surface area contributed by atoms with Crippen LogP contribution in [0.2, 0.25) is 0 Å². The Labute approximate surface area is 232 Å². The van der Waals surface area contributed by atoms with Gasteiger partial charge in [0.1, 0.15) is 0 Å². The number of hydrogen-bond acceptors (Lipinski definition) is 7. The van der Waals surface area contributed by atoms with Gasteiger partial charge in [-0.05, 0) is 81.4 Å². The van der Waals surface area contributed by atoms with Crippen LogP contribution in [0, 0.1) is 29.1 Å². The van der Waals surface area contributed by atoms with Crippen molar-refractivity contribution in [3.05, 3.63) is 47.8 Å². The minimum absolute atomic E-state index is 0.0225. The molecule has 3 fully saturated rings. The first-order valence-electron chi connectivity index (χ1n) is 14.6. The molecule has 1 amide bonds. The molecule has 8 nitrogen and oxygen atoms in total. The highest BCUT2D eigenvalue weighted by molar-refractivity contribution is 6.03. The van der Waals surface area contributed by atoms with Crippen LogP contribution in [0.4, 0.5) is 5.69 Å². The summed E-state index contributed by atoms with van der Waals surface area (Å²) in [4.78, 5) is 19.4. The number of amides is 1. The van der Waals surface area contributed by atoms with Crippen molar-refractivity contribution < 1.29 is 9.53 Å². The van der Waals surface area contributed by atoms with E-state index in [1.807, 2.05) is 19.1 Å². The van der Waals surface area contributed by atoms with Crippen molar-refractivity contribution in [2.45, 2.75) is 76.3 Å². The fourth-order valence-electron chi connectivity index (χ4n) is 6.01. The van der Waals surface area contributed by atoms with Gasteiger partial charge in [0, 0.05) is 25.3 Å². The number of rotatable bonds is 5. The maximum Gasteiger partial charge on any atom is 0.235 e. The zero-order chi connectivity index (χ0) is 27.2. The minimum Gasteiger partial charge on any atom is -0.379 e. The molecule has 0 aromatic carbocycles. The van der Waals surface area contributed by atoms with E-state index in [2.05, 4.69) is 56.9 Å². The highest BCUT2D eigenvalue weighted by Crippen LogP contribution is 2.40. The fourth-order valence-corrected chi connectivity index (χ4v) is 6.01. The SMILES string of the molecule is CC1NN=CC1C(=O)Nc1ccc(C2(C#N)CCC(N3CCOCC3)CC2)nc1.C[C@@H]1C=CC(C2CC2)=CC1. The predicted octanol–water partition coefficient (Wildman–Crippen LogP) is 4.57. The van der Waals surface area contributed by atoms with E-state index < -0.39 is 5.41 Å². The summed E-state index contributed by atoms with van der Waals surface area (Å²) < 4.78 is 5.45. The van der Waals surface area contributed by atoms with Crippen molar-refractivity contribution in [2.24, 2.45) is 22.9 Å². The van der Waals surface area contributed by atoms with Crippen LogP contribution in [0.3, 0.4) is 0 Å². The van der Waals surface area contributed by atoms with Crippen LogP contribution in [0.15, 0.2) is 47.2 Å². The summed E-state index contributed by atoms with van der Waals surface area (Å²) in [5, 5.41) is 16.8. The number of carbonyl (C=O) groups excluding carboxylic acids is 1. The number of nitrogens with one attached hydrogen (secondary N) is 2. The van der Waals surface area contributed by atoms with Crippen LogP contribution in [0.1, 0.15) is 64.5 Å². The number of carbonyl (C=O) groups is 1. The second kappa shape index (κ2) is 12.4. The third-order valence-corrected chi connectivity index (χ3v) is 8.85. The first-order chi connectivity index (χ1) is 19.0. The lowest BCUT2D eigenvalue weighted by atomic mass is 9.71. The van der Waals surface area contributed by atoms with E-state index in [9.17, 15) is 10.1 Å². The van der Waals surface area contributed by atoms with Gasteiger partial charge >= 0.3 is 0 Å². The van der Waals surface area contributed by atoms with Gasteiger partial charge in [-0.25, -0.2) is 0 Å². The standard InChI is InChI=1S/C21H28N6O2.C10H14/c1-15-18(13-24-26-15)20(28)25-16-2-3-19(23-12-16)21(14-22)6-4-17(5-7-21)27-8-10-29-11-9-27;1-8-2-4-9(5-3-8)10-6-7-10/h2-3,12-13,15,17-18,26H,4-11H2,1H3,(H,25,28);2,4-5,8,10H,3,6-7H2,1H3/t;8-/m.1/s1. The van der Waals surface area contributed by atoms with Crippen LogP contribution < -0.4 is 10.7 Å². The first kappa shape index (κ1) is 27.5. The van der Waals surface area contributed by atoms with Gasteiger partial charge in [0.15, 0.2) is 0 Å². The summed E-state index contributed by atoms with van der Waals surface area (Å²) in [5.41, 5.74) is 5.39. The normalized spacial score (nSPS) is 32.3. The third kappa shape index (κ3) is 6.77. The van der Waals surface area contributed by atoms with Crippen LogP contribution in [-0.2, 0) is 14.9 Å². The van der Waals surface area contributed by atoms with E-state index in [4.69, 9.17) is 4.74 Å². The van der Waals surface area contributed by atoms with Gasteiger partial charge in [-0.2, -0.15) is 10.4 Å². The molecule has 2 unspecified atom stereocenters. The van der Waals surface area contributed by atoms with E-state index >= 15 is 0 Å². The summed E-state index contributed by atoms with van der Waals surface area (Å²) in [6.45, 7) is 7.76. The van der Waals surface area contributed by atoms with Crippen molar-refractivity contribution in [1.82, 2.24) is 15.3 Å². The average Bonchev–Trinajstić information content (AvgIpc) is 3.74. The van der Waals surface area contributed by atoms with Crippen LogP contribution in [0.25, 0.3) is 0 Å². The Kier molecular flexibility index (Phi) is 8.79. The second-order valence-corrected chi connectivity index (χ2v) is 11.8. The van der Waals surface area contributed by atoms with Crippen molar-refractivity contribution in [3.8, 4) is 6.07 Å². The van der Waals surface area contributed by atoms with Gasteiger partial charge < -0.3 is 15.5 Å². The second-order valence-electron chi connectivity index (χ2n) is 11.8. The molecule has 2 aliphatic heterocycles. The molecule has 2 saturated carbocycles. The Hall–Kier alpha value is -3.02. The molecule has 3 atom stereocenters. The number of hydrogen-bond donors (Lipinski definition) is 2. The van der Waals surface area contributed by atoms with Gasteiger partial charge in [0.05, 0.1) is 54.2 Å². The molecule has 39 heavy (non-hydrogen) atoms. The van der Waals surface area contributed by atoms with Crippen LogP contribution in [-0.4, -0.2) is 60.4 Å². The van der Waals surface area contributed by atoms with Crippen molar-refractivity contribution >= 4 is 17.8 Å². The molecule has 3 aliphatic carbocycles. The molecule has 5 aliphatic rings. The molecule has 208 valence electrons. The summed E-state index contributed by atoms with van der Waals surface area (Å²) >= 11 is 0. The number of allylic oxidation sites excluding steroid dienone is 4. The number of nitrogens with zero attached hydrogens (tertiary/aromatic N) is 4. The summed E-state index contributed by atoms with van der Waals surface area (Å²) in [6.07, 6.45) is 18.1. The molecule has 3 heterocycles. The van der Waals surface area contributed by atoms with E-state index in [1.54, 1.807) is 18.0 Å². The highest BCUT2D eigenvalue weighted by Gasteiger charge is 2.40. The molecule has 2 N–H and O–H groups in total. The van der Waals surface area contributed by atoms with E-state index in [1.165, 1.54) is 19.3 Å². The zero-order valence-electron chi connectivity index (χ0n) is 23.3. The van der Waals surface area contributed by atoms with Crippen molar-refractivity contribution in [1.29, 1.82) is 5.26 Å². The lowest BCUT2D eigenvalue weighted by molar-refractivity contribution is -0.118. The zero-order valence-corrected chi connectivity index (χ0v) is 23.3. The monoisotopic (exact) mass is 530 g/mol. The molecule has 0 bridgehead atoms. The number of nitriles is 1. The molecule has 0 spiro atoms. The Bertz CT molecular complexity index is 1120. The lowest BCUT2D eigenvalue weighted by Crippen LogP contribution is -2.47. The molecule has 0 radical (unpaired) electrons. The fraction of sp³-hybridized carbons (Fsp3) is 0.613. The first-order valence-corrected chi connectivity index (χ1v) is 14.6. The predicted molar refractivity (Wildman–Crippen MR) is 153 cm³/mol. The van der Waals surface area contributed by atoms with Gasteiger partial charge in [-0.15, -0.1) is 0 Å². The number of morpholine rings is 1. The number of anilines is 1. The Balaban J connectivity index is 0.000000257. The Morgan fingerprint density at radius 3 is 2.51 bits per heavy atom. The Morgan fingerprint density at radius 1 is 1.18 bits per heavy atom. The molecule has 1 aromatic heterocycles. The molecule has 1 saturated heterocycles. The van der Waals surface area contributed by atoms with Crippen LogP contribution in [0.5, 0.6) is 0 Å². The van der Waals surface area contributed by atoms with Gasteiger partial charge in [0.25, 0.3) is 0 Å². The van der Waals surface area contributed by atoms with E-state index in [0.717, 1.165) is 69.5 Å². The lowest BCUT2D eigenvalue weighted by Gasteiger charge is -2.41. The summed E-state index contributed by atoms with van der Waals surface area (Å²) in [5.74, 6) is 1.32. The number of hydrazone groups is 1. The Morgan fingerprint density at radius 2 is 1.95 bits per heavy atom. The number of aromatic nitrogens is 1. The molecular formula is C31H42N6O2. The smallest absolute Gasteiger partial charge is 0.235 e. The number of pyridine rings is 1. The minimum atomic E-state index is -0.540. The summed E-state index contributed by atoms with van der Waals surface area (Å²) in [6, 6.07) is 6.79. The van der Waals surface area contributed by atoms with Crippen molar-refractivity contribution in [3.63, 3.8) is 0 Å². The molecular weight excluding hydrogens is 488 g/mol. The molecule has 1 aromatic rings. The maximum absolute atomic E-state index is 12.4. The maximum atomic E-state index is 12.4. The van der Waals surface area contributed by atoms with Gasteiger partial charge in [-0.1, -0.05) is 25.2 Å². The largest absolute Gasteiger partial charge is 0.379 e. The number of ether oxygens (including phenoxy) is 1. The molecule has 6 rings (SSSR count). The van der Waals surface area contributed by atoms with Gasteiger partial charge in [-0.3, -0.25) is 14.7 Å². The third-order valence-electron chi connectivity index (χ3n) is 8.85. The highest BCUT2D eigenvalue weighted by atomic mass is 16.5. The topological polar surface area (TPSA) is 103 Å². The van der Waals surface area contributed by atoms with Crippen LogP contribution >= 0.6 is 0 Å². The summed E-state index contributed by atoms with van der Waals surface area (Å²) in [7, 11) is 0. The quantitative estimate of drug-likeness (QED) is 0.578.